The number of hydrogen-bond acceptors (Lipinski definition) is 4. The summed E-state index contributed by atoms with van der Waals surface area (Å²) in [6, 6.07) is 7.49. The number of nitrogens with zero attached hydrogens (tertiary/aromatic N) is 3. The predicted octanol–water partition coefficient (Wildman–Crippen LogP) is 1.36. The molecular weight excluding hydrogens is 254 g/mol. The molecule has 0 saturated carbocycles. The van der Waals surface area contributed by atoms with Gasteiger partial charge in [0.25, 0.3) is 0 Å². The normalized spacial score (nSPS) is 12.4. The van der Waals surface area contributed by atoms with Crippen molar-refractivity contribution in [2.75, 3.05) is 0 Å². The average Bonchev–Trinajstić information content (AvgIpc) is 2.93. The molecule has 0 bridgehead atoms. The topological polar surface area (TPSA) is 97.6 Å². The molecule has 3 N–H and O–H groups in total. The number of rotatable bonds is 4. The van der Waals surface area contributed by atoms with Gasteiger partial charge in [0, 0.05) is 29.9 Å². The highest BCUT2D eigenvalue weighted by atomic mass is 16.1. The van der Waals surface area contributed by atoms with Gasteiger partial charge in [-0.15, -0.1) is 0 Å². The molecule has 0 aliphatic heterocycles. The first-order valence-electron chi connectivity index (χ1n) is 6.22. The van der Waals surface area contributed by atoms with Gasteiger partial charge < -0.3 is 5.73 Å². The van der Waals surface area contributed by atoms with Gasteiger partial charge in [-0.1, -0.05) is 6.07 Å². The summed E-state index contributed by atoms with van der Waals surface area (Å²) in [5, 5.41) is 7.79. The molecule has 0 aromatic carbocycles. The smallest absolute Gasteiger partial charge is 0.218 e. The van der Waals surface area contributed by atoms with Crippen LogP contribution in [0.5, 0.6) is 0 Å². The maximum absolute atomic E-state index is 11.3. The Kier molecular flexibility index (Phi) is 3.12. The summed E-state index contributed by atoms with van der Waals surface area (Å²) in [6.45, 7) is 0. The molecule has 1 amide bonds. The number of carbonyl (C=O) groups excluding carboxylic acids is 1. The van der Waals surface area contributed by atoms with Crippen LogP contribution in [0.25, 0.3) is 10.9 Å². The number of nitrogens with one attached hydrogen (secondary N) is 1. The lowest BCUT2D eigenvalue weighted by Crippen LogP contribution is -2.17. The summed E-state index contributed by atoms with van der Waals surface area (Å²) < 4.78 is 0. The fraction of sp³-hybridized carbons (Fsp3) is 0.143. The number of carbonyl (C=O) groups is 1. The van der Waals surface area contributed by atoms with E-state index in [0.29, 0.717) is 0 Å². The van der Waals surface area contributed by atoms with Gasteiger partial charge in [0.05, 0.1) is 17.8 Å². The van der Waals surface area contributed by atoms with Gasteiger partial charge in [-0.05, 0) is 18.2 Å². The lowest BCUT2D eigenvalue weighted by Gasteiger charge is -2.14. The predicted molar refractivity (Wildman–Crippen MR) is 73.8 cm³/mol. The van der Waals surface area contributed by atoms with E-state index in [1.807, 2.05) is 24.3 Å². The van der Waals surface area contributed by atoms with Crippen LogP contribution in [0.4, 0.5) is 0 Å². The molecule has 0 aliphatic carbocycles. The van der Waals surface area contributed by atoms with Crippen molar-refractivity contribution in [3.63, 3.8) is 0 Å². The summed E-state index contributed by atoms with van der Waals surface area (Å²) >= 11 is 0. The summed E-state index contributed by atoms with van der Waals surface area (Å²) in [5.41, 5.74) is 7.67. The lowest BCUT2D eigenvalue weighted by atomic mass is 9.95. The second-order valence-corrected chi connectivity index (χ2v) is 4.53. The van der Waals surface area contributed by atoms with Crippen molar-refractivity contribution in [3.8, 4) is 0 Å². The molecule has 100 valence electrons. The highest BCUT2D eigenvalue weighted by Gasteiger charge is 2.20. The Bertz CT molecular complexity index is 737. The first-order chi connectivity index (χ1) is 9.74. The number of pyridine rings is 2. The van der Waals surface area contributed by atoms with Crippen molar-refractivity contribution < 1.29 is 4.79 Å². The zero-order valence-electron chi connectivity index (χ0n) is 10.7. The van der Waals surface area contributed by atoms with Crippen molar-refractivity contribution in [3.05, 3.63) is 54.2 Å². The monoisotopic (exact) mass is 267 g/mol. The van der Waals surface area contributed by atoms with Gasteiger partial charge in [0.15, 0.2) is 0 Å². The fourth-order valence-electron chi connectivity index (χ4n) is 2.20. The van der Waals surface area contributed by atoms with Crippen LogP contribution in [-0.2, 0) is 4.79 Å². The van der Waals surface area contributed by atoms with Gasteiger partial charge >= 0.3 is 0 Å². The van der Waals surface area contributed by atoms with Crippen LogP contribution in [0.1, 0.15) is 23.7 Å². The SMILES string of the molecule is NC(=O)CC(c1ccccn1)c1cc2c[nH]nc2cn1. The van der Waals surface area contributed by atoms with E-state index >= 15 is 0 Å². The van der Waals surface area contributed by atoms with Crippen molar-refractivity contribution >= 4 is 16.8 Å². The molecule has 1 unspecified atom stereocenters. The molecule has 0 aliphatic rings. The van der Waals surface area contributed by atoms with Gasteiger partial charge in [-0.25, -0.2) is 0 Å². The van der Waals surface area contributed by atoms with Crippen LogP contribution in [0.3, 0.4) is 0 Å². The van der Waals surface area contributed by atoms with Crippen molar-refractivity contribution in [1.82, 2.24) is 20.2 Å². The van der Waals surface area contributed by atoms with E-state index in [2.05, 4.69) is 20.2 Å². The van der Waals surface area contributed by atoms with E-state index in [-0.39, 0.29) is 18.2 Å². The van der Waals surface area contributed by atoms with Gasteiger partial charge in [-0.2, -0.15) is 5.10 Å². The molecule has 0 radical (unpaired) electrons. The number of aromatic amines is 1. The molecule has 3 heterocycles. The molecule has 20 heavy (non-hydrogen) atoms. The van der Waals surface area contributed by atoms with E-state index in [0.717, 1.165) is 22.3 Å². The molecule has 3 aromatic rings. The quantitative estimate of drug-likeness (QED) is 0.745. The highest BCUT2D eigenvalue weighted by molar-refractivity contribution is 5.78. The van der Waals surface area contributed by atoms with Crippen molar-refractivity contribution in [1.29, 1.82) is 0 Å². The van der Waals surface area contributed by atoms with Gasteiger partial charge in [0.1, 0.15) is 5.52 Å². The third-order valence-corrected chi connectivity index (χ3v) is 3.15. The molecular formula is C14H13N5O. The van der Waals surface area contributed by atoms with E-state index in [1.165, 1.54) is 0 Å². The van der Waals surface area contributed by atoms with Crippen LogP contribution in [0, 0.1) is 0 Å². The highest BCUT2D eigenvalue weighted by Crippen LogP contribution is 2.26. The minimum Gasteiger partial charge on any atom is -0.370 e. The van der Waals surface area contributed by atoms with Crippen molar-refractivity contribution in [2.45, 2.75) is 12.3 Å². The van der Waals surface area contributed by atoms with Crippen molar-refractivity contribution in [2.24, 2.45) is 5.73 Å². The largest absolute Gasteiger partial charge is 0.370 e. The Labute approximate surface area is 115 Å². The number of fused-ring (bicyclic) bond motifs is 1. The number of nitrogens with two attached hydrogens (primary N) is 1. The Balaban J connectivity index is 2.06. The first kappa shape index (κ1) is 12.3. The first-order valence-corrected chi connectivity index (χ1v) is 6.22. The van der Waals surface area contributed by atoms with E-state index < -0.39 is 0 Å². The van der Waals surface area contributed by atoms with E-state index in [1.54, 1.807) is 18.6 Å². The van der Waals surface area contributed by atoms with Crippen LogP contribution < -0.4 is 5.73 Å². The number of primary amides is 1. The molecule has 3 aromatic heterocycles. The molecule has 0 spiro atoms. The molecule has 3 rings (SSSR count). The third-order valence-electron chi connectivity index (χ3n) is 3.15. The molecule has 1 atom stereocenters. The summed E-state index contributed by atoms with van der Waals surface area (Å²) in [4.78, 5) is 20.0. The van der Waals surface area contributed by atoms with E-state index in [9.17, 15) is 4.79 Å². The summed E-state index contributed by atoms with van der Waals surface area (Å²) in [7, 11) is 0. The molecule has 0 saturated heterocycles. The minimum atomic E-state index is -0.380. The van der Waals surface area contributed by atoms with Gasteiger partial charge in [0.2, 0.25) is 5.91 Å². The number of H-pyrrole nitrogens is 1. The van der Waals surface area contributed by atoms with Gasteiger partial charge in [-0.3, -0.25) is 19.9 Å². The summed E-state index contributed by atoms with van der Waals surface area (Å²) in [5.74, 6) is -0.622. The molecule has 6 nitrogen and oxygen atoms in total. The fourth-order valence-corrected chi connectivity index (χ4v) is 2.20. The second kappa shape index (κ2) is 5.08. The lowest BCUT2D eigenvalue weighted by molar-refractivity contribution is -0.118. The summed E-state index contributed by atoms with van der Waals surface area (Å²) in [6.07, 6.45) is 5.34. The maximum atomic E-state index is 11.3. The Morgan fingerprint density at radius 3 is 2.95 bits per heavy atom. The number of aromatic nitrogens is 4. The number of amides is 1. The zero-order chi connectivity index (χ0) is 13.9. The number of hydrogen-bond donors (Lipinski definition) is 2. The Morgan fingerprint density at radius 2 is 2.20 bits per heavy atom. The zero-order valence-corrected chi connectivity index (χ0v) is 10.7. The second-order valence-electron chi connectivity index (χ2n) is 4.53. The molecule has 6 heteroatoms. The maximum Gasteiger partial charge on any atom is 0.218 e. The minimum absolute atomic E-state index is 0.174. The third kappa shape index (κ3) is 2.35. The van der Waals surface area contributed by atoms with Crippen LogP contribution in [0.2, 0.25) is 0 Å². The van der Waals surface area contributed by atoms with Crippen LogP contribution in [-0.4, -0.2) is 26.1 Å². The Hall–Kier alpha value is -2.76. The Morgan fingerprint density at radius 1 is 1.30 bits per heavy atom. The average molecular weight is 267 g/mol. The standard InChI is InChI=1S/C14H13N5O/c15-14(20)6-10(11-3-1-2-4-16-11)12-5-9-7-18-19-13(9)8-17-12/h1-5,7-8,10H,6H2,(H2,15,20)(H,18,19). The van der Waals surface area contributed by atoms with Crippen LogP contribution >= 0.6 is 0 Å². The van der Waals surface area contributed by atoms with Crippen LogP contribution in [0.15, 0.2) is 42.9 Å². The van der Waals surface area contributed by atoms with E-state index in [4.69, 9.17) is 5.73 Å². The molecule has 0 fully saturated rings.